The third-order valence-electron chi connectivity index (χ3n) is 4.37. The summed E-state index contributed by atoms with van der Waals surface area (Å²) >= 11 is 0. The van der Waals surface area contributed by atoms with Gasteiger partial charge >= 0.3 is 0 Å². The van der Waals surface area contributed by atoms with Crippen LogP contribution < -0.4 is 15.2 Å². The summed E-state index contributed by atoms with van der Waals surface area (Å²) in [5.74, 6) is 1.48. The van der Waals surface area contributed by atoms with Crippen molar-refractivity contribution in [1.82, 2.24) is 0 Å². The quantitative estimate of drug-likeness (QED) is 0.888. The Labute approximate surface area is 133 Å². The van der Waals surface area contributed by atoms with Crippen LogP contribution in [-0.4, -0.2) is 20.8 Å². The molecule has 0 aliphatic rings. The molecule has 1 unspecified atom stereocenters. The number of rotatable bonds is 6. The fourth-order valence-electron chi connectivity index (χ4n) is 2.73. The summed E-state index contributed by atoms with van der Waals surface area (Å²) in [7, 11) is 3.30. The molecule has 2 aromatic rings. The molecule has 0 heterocycles. The topological polar surface area (TPSA) is 44.5 Å². The smallest absolute Gasteiger partial charge is 0.161 e. The molecule has 0 aliphatic carbocycles. The molecular formula is C19H25NO2. The molecule has 0 aliphatic heterocycles. The van der Waals surface area contributed by atoms with E-state index in [4.69, 9.17) is 15.2 Å². The zero-order valence-electron chi connectivity index (χ0n) is 13.8. The lowest BCUT2D eigenvalue weighted by Crippen LogP contribution is -2.34. The summed E-state index contributed by atoms with van der Waals surface area (Å²) in [6.07, 6.45) is 0.895. The zero-order valence-corrected chi connectivity index (χ0v) is 13.8. The molecule has 3 heteroatoms. The van der Waals surface area contributed by atoms with E-state index in [0.717, 1.165) is 23.5 Å². The first kappa shape index (κ1) is 16.4. The fraction of sp³-hybridized carbons (Fsp3) is 0.368. The zero-order chi connectivity index (χ0) is 16.2. The lowest BCUT2D eigenvalue weighted by atomic mass is 9.76. The highest BCUT2D eigenvalue weighted by Gasteiger charge is 2.27. The first-order chi connectivity index (χ1) is 10.5. The van der Waals surface area contributed by atoms with Gasteiger partial charge in [-0.1, -0.05) is 37.3 Å². The Balaban J connectivity index is 2.39. The van der Waals surface area contributed by atoms with Crippen molar-refractivity contribution in [3.05, 3.63) is 59.2 Å². The highest BCUT2D eigenvalue weighted by Crippen LogP contribution is 2.35. The van der Waals surface area contributed by atoms with Crippen LogP contribution >= 0.6 is 0 Å². The molecular weight excluding hydrogens is 274 g/mol. The molecule has 22 heavy (non-hydrogen) atoms. The first-order valence-electron chi connectivity index (χ1n) is 7.51. The van der Waals surface area contributed by atoms with Crippen molar-refractivity contribution in [1.29, 1.82) is 0 Å². The summed E-state index contributed by atoms with van der Waals surface area (Å²) in [6, 6.07) is 14.5. The average Bonchev–Trinajstić information content (AvgIpc) is 2.56. The molecule has 1 atom stereocenters. The summed E-state index contributed by atoms with van der Waals surface area (Å²) in [5, 5.41) is 0. The van der Waals surface area contributed by atoms with E-state index < -0.39 is 0 Å². The van der Waals surface area contributed by atoms with Gasteiger partial charge in [0, 0.05) is 12.0 Å². The fourth-order valence-corrected chi connectivity index (χ4v) is 2.73. The van der Waals surface area contributed by atoms with Crippen LogP contribution in [0.25, 0.3) is 0 Å². The SMILES string of the molecule is COc1ccc(C(C)(CN)Cc2ccccc2C)cc1OC. The number of benzene rings is 2. The molecule has 0 radical (unpaired) electrons. The minimum Gasteiger partial charge on any atom is -0.493 e. The van der Waals surface area contributed by atoms with Crippen LogP contribution in [0.1, 0.15) is 23.6 Å². The Morgan fingerprint density at radius 1 is 1.00 bits per heavy atom. The Morgan fingerprint density at radius 2 is 1.68 bits per heavy atom. The minimum absolute atomic E-state index is 0.147. The van der Waals surface area contributed by atoms with Gasteiger partial charge in [0.15, 0.2) is 11.5 Å². The summed E-state index contributed by atoms with van der Waals surface area (Å²) in [5.41, 5.74) is 9.76. The van der Waals surface area contributed by atoms with Gasteiger partial charge < -0.3 is 15.2 Å². The molecule has 3 nitrogen and oxygen atoms in total. The Hall–Kier alpha value is -2.00. The standard InChI is InChI=1S/C19H25NO2/c1-14-7-5-6-8-15(14)12-19(2,13-20)16-9-10-17(21-3)18(11-16)22-4/h5-11H,12-13,20H2,1-4H3. The number of ether oxygens (including phenoxy) is 2. The van der Waals surface area contributed by atoms with E-state index in [1.165, 1.54) is 11.1 Å². The molecule has 118 valence electrons. The van der Waals surface area contributed by atoms with Crippen molar-refractivity contribution in [2.24, 2.45) is 5.73 Å². The largest absolute Gasteiger partial charge is 0.493 e. The van der Waals surface area contributed by atoms with E-state index >= 15 is 0 Å². The van der Waals surface area contributed by atoms with Gasteiger partial charge in [-0.05, 0) is 42.2 Å². The van der Waals surface area contributed by atoms with Crippen molar-refractivity contribution in [3.63, 3.8) is 0 Å². The van der Waals surface area contributed by atoms with Crippen LogP contribution in [-0.2, 0) is 11.8 Å². The number of nitrogens with two attached hydrogens (primary N) is 1. The number of hydrogen-bond acceptors (Lipinski definition) is 3. The molecule has 0 spiro atoms. The molecule has 0 aromatic heterocycles. The second kappa shape index (κ2) is 6.84. The second-order valence-electron chi connectivity index (χ2n) is 5.94. The molecule has 2 rings (SSSR count). The molecule has 0 saturated heterocycles. The Kier molecular flexibility index (Phi) is 5.09. The number of hydrogen-bond donors (Lipinski definition) is 1. The predicted octanol–water partition coefficient (Wildman–Crippen LogP) is 3.47. The summed E-state index contributed by atoms with van der Waals surface area (Å²) in [4.78, 5) is 0. The van der Waals surface area contributed by atoms with Gasteiger partial charge in [-0.15, -0.1) is 0 Å². The van der Waals surface area contributed by atoms with Gasteiger partial charge in [-0.3, -0.25) is 0 Å². The van der Waals surface area contributed by atoms with Crippen LogP contribution in [0.15, 0.2) is 42.5 Å². The normalized spacial score (nSPS) is 13.5. The predicted molar refractivity (Wildman–Crippen MR) is 90.8 cm³/mol. The Bertz CT molecular complexity index is 639. The molecule has 2 aromatic carbocycles. The van der Waals surface area contributed by atoms with Crippen molar-refractivity contribution in [3.8, 4) is 11.5 Å². The van der Waals surface area contributed by atoms with Gasteiger partial charge in [-0.2, -0.15) is 0 Å². The van der Waals surface area contributed by atoms with Crippen LogP contribution in [0.3, 0.4) is 0 Å². The molecule has 0 fully saturated rings. The second-order valence-corrected chi connectivity index (χ2v) is 5.94. The van der Waals surface area contributed by atoms with Crippen molar-refractivity contribution < 1.29 is 9.47 Å². The van der Waals surface area contributed by atoms with Gasteiger partial charge in [0.05, 0.1) is 14.2 Å². The number of methoxy groups -OCH3 is 2. The van der Waals surface area contributed by atoms with Crippen LogP contribution in [0.2, 0.25) is 0 Å². The minimum atomic E-state index is -0.147. The highest BCUT2D eigenvalue weighted by atomic mass is 16.5. The Morgan fingerprint density at radius 3 is 2.27 bits per heavy atom. The van der Waals surface area contributed by atoms with E-state index in [1.54, 1.807) is 14.2 Å². The van der Waals surface area contributed by atoms with Crippen LogP contribution in [0.4, 0.5) is 0 Å². The van der Waals surface area contributed by atoms with Gasteiger partial charge in [-0.25, -0.2) is 0 Å². The third-order valence-corrected chi connectivity index (χ3v) is 4.37. The van der Waals surface area contributed by atoms with Crippen molar-refractivity contribution in [2.75, 3.05) is 20.8 Å². The van der Waals surface area contributed by atoms with E-state index in [9.17, 15) is 0 Å². The third kappa shape index (κ3) is 3.25. The number of aryl methyl sites for hydroxylation is 1. The maximum absolute atomic E-state index is 6.13. The molecule has 0 bridgehead atoms. The lowest BCUT2D eigenvalue weighted by Gasteiger charge is -2.30. The van der Waals surface area contributed by atoms with Crippen LogP contribution in [0.5, 0.6) is 11.5 Å². The summed E-state index contributed by atoms with van der Waals surface area (Å²) in [6.45, 7) is 4.90. The highest BCUT2D eigenvalue weighted by molar-refractivity contribution is 5.46. The van der Waals surface area contributed by atoms with E-state index in [1.807, 2.05) is 12.1 Å². The molecule has 0 amide bonds. The van der Waals surface area contributed by atoms with Gasteiger partial charge in [0.25, 0.3) is 0 Å². The van der Waals surface area contributed by atoms with Crippen molar-refractivity contribution >= 4 is 0 Å². The van der Waals surface area contributed by atoms with E-state index in [0.29, 0.717) is 6.54 Å². The first-order valence-corrected chi connectivity index (χ1v) is 7.51. The summed E-state index contributed by atoms with van der Waals surface area (Å²) < 4.78 is 10.7. The maximum atomic E-state index is 6.13. The van der Waals surface area contributed by atoms with Gasteiger partial charge in [0.2, 0.25) is 0 Å². The maximum Gasteiger partial charge on any atom is 0.161 e. The van der Waals surface area contributed by atoms with E-state index in [-0.39, 0.29) is 5.41 Å². The molecule has 2 N–H and O–H groups in total. The average molecular weight is 299 g/mol. The molecule has 0 saturated carbocycles. The lowest BCUT2D eigenvalue weighted by molar-refractivity contribution is 0.352. The van der Waals surface area contributed by atoms with Crippen LogP contribution in [0, 0.1) is 6.92 Å². The van der Waals surface area contributed by atoms with Crippen molar-refractivity contribution in [2.45, 2.75) is 25.7 Å². The van der Waals surface area contributed by atoms with Gasteiger partial charge in [0.1, 0.15) is 0 Å². The van der Waals surface area contributed by atoms with E-state index in [2.05, 4.69) is 44.2 Å². The monoisotopic (exact) mass is 299 g/mol.